The van der Waals surface area contributed by atoms with Crippen LogP contribution in [0, 0.1) is 6.92 Å². The molecule has 1 atom stereocenters. The fraction of sp³-hybridized carbons (Fsp3) is 0.406. The summed E-state index contributed by atoms with van der Waals surface area (Å²) in [7, 11) is 0. The quantitative estimate of drug-likeness (QED) is 0.176. The molecule has 1 N–H and O–H groups in total. The SMILES string of the molecule is CCCC(CCC)N(CC)Cc1ccc(/C(F)=C/c2[nH]nc3ccc(O[C@H](C)c4c(C)cncc4Cl)cc23)cn1. The molecule has 1 aromatic carbocycles. The van der Waals surface area contributed by atoms with Crippen LogP contribution in [0.25, 0.3) is 22.8 Å². The van der Waals surface area contributed by atoms with Crippen LogP contribution in [-0.2, 0) is 6.54 Å². The van der Waals surface area contributed by atoms with Gasteiger partial charge in [-0.25, -0.2) is 4.39 Å². The normalized spacial score (nSPS) is 13.0. The van der Waals surface area contributed by atoms with E-state index in [0.29, 0.717) is 28.1 Å². The molecular formula is C32H39ClFN5O. The molecule has 0 saturated heterocycles. The van der Waals surface area contributed by atoms with Crippen LogP contribution in [0.5, 0.6) is 5.75 Å². The molecule has 0 amide bonds. The molecule has 0 aliphatic heterocycles. The van der Waals surface area contributed by atoms with Crippen LogP contribution in [0.2, 0.25) is 5.02 Å². The highest BCUT2D eigenvalue weighted by Crippen LogP contribution is 2.32. The summed E-state index contributed by atoms with van der Waals surface area (Å²) in [5.41, 5.74) is 4.50. The highest BCUT2D eigenvalue weighted by atomic mass is 35.5. The third kappa shape index (κ3) is 7.07. The molecule has 0 aliphatic rings. The second-order valence-corrected chi connectivity index (χ2v) is 10.7. The molecule has 40 heavy (non-hydrogen) atoms. The molecule has 212 valence electrons. The number of hydrogen-bond donors (Lipinski definition) is 1. The van der Waals surface area contributed by atoms with E-state index in [-0.39, 0.29) is 11.9 Å². The van der Waals surface area contributed by atoms with Crippen molar-refractivity contribution in [1.29, 1.82) is 0 Å². The molecule has 0 unspecified atom stereocenters. The van der Waals surface area contributed by atoms with Crippen LogP contribution in [0.1, 0.15) is 87.6 Å². The molecule has 0 fully saturated rings. The van der Waals surface area contributed by atoms with Gasteiger partial charge in [-0.3, -0.25) is 20.0 Å². The summed E-state index contributed by atoms with van der Waals surface area (Å²) in [5.74, 6) is 0.255. The van der Waals surface area contributed by atoms with Crippen LogP contribution in [-0.4, -0.2) is 37.7 Å². The lowest BCUT2D eigenvalue weighted by atomic mass is 10.0. The van der Waals surface area contributed by atoms with Crippen LogP contribution in [0.4, 0.5) is 4.39 Å². The number of aromatic nitrogens is 4. The van der Waals surface area contributed by atoms with Gasteiger partial charge in [-0.1, -0.05) is 45.2 Å². The lowest BCUT2D eigenvalue weighted by molar-refractivity contribution is 0.173. The van der Waals surface area contributed by atoms with Gasteiger partial charge in [-0.05, 0) is 69.1 Å². The first kappa shape index (κ1) is 29.7. The first-order valence-corrected chi connectivity index (χ1v) is 14.5. The van der Waals surface area contributed by atoms with Gasteiger partial charge in [0.15, 0.2) is 0 Å². The maximum absolute atomic E-state index is 15.3. The minimum absolute atomic E-state index is 0.289. The summed E-state index contributed by atoms with van der Waals surface area (Å²) >= 11 is 6.38. The Morgan fingerprint density at radius 1 is 1.10 bits per heavy atom. The standard InChI is InChI=1S/C32H39ClFN5O/c1-6-9-25(10-7-2)39(8-3)20-24-12-11-23(18-36-24)29(34)16-31-27-15-26(13-14-30(27)37-38-31)40-22(5)32-21(4)17-35-19-28(32)33/h11-19,22,25H,6-10,20H2,1-5H3,(H,37,38)/b29-16-/t22-/m1/s1. The Morgan fingerprint density at radius 2 is 1.88 bits per heavy atom. The van der Waals surface area contributed by atoms with Gasteiger partial charge in [0, 0.05) is 53.8 Å². The number of benzene rings is 1. The van der Waals surface area contributed by atoms with Crippen LogP contribution in [0.15, 0.2) is 48.9 Å². The summed E-state index contributed by atoms with van der Waals surface area (Å²) in [6.45, 7) is 12.3. The van der Waals surface area contributed by atoms with Crippen molar-refractivity contribution in [2.24, 2.45) is 0 Å². The molecule has 8 heteroatoms. The maximum atomic E-state index is 15.3. The van der Waals surface area contributed by atoms with E-state index >= 15 is 4.39 Å². The summed E-state index contributed by atoms with van der Waals surface area (Å²) in [6.07, 6.45) is 10.8. The van der Waals surface area contributed by atoms with E-state index in [1.165, 1.54) is 18.9 Å². The van der Waals surface area contributed by atoms with Gasteiger partial charge in [0.1, 0.15) is 17.7 Å². The maximum Gasteiger partial charge on any atom is 0.134 e. The predicted molar refractivity (Wildman–Crippen MR) is 162 cm³/mol. The van der Waals surface area contributed by atoms with Crippen molar-refractivity contribution in [2.75, 3.05) is 6.54 Å². The number of hydrogen-bond acceptors (Lipinski definition) is 5. The number of fused-ring (bicyclic) bond motifs is 1. The minimum Gasteiger partial charge on any atom is -0.486 e. The van der Waals surface area contributed by atoms with E-state index in [4.69, 9.17) is 16.3 Å². The fourth-order valence-corrected chi connectivity index (χ4v) is 5.62. The second-order valence-electron chi connectivity index (χ2n) is 10.3. The fourth-order valence-electron chi connectivity index (χ4n) is 5.26. The smallest absolute Gasteiger partial charge is 0.134 e. The molecule has 3 aromatic heterocycles. The van der Waals surface area contributed by atoms with Gasteiger partial charge in [0.25, 0.3) is 0 Å². The molecule has 4 aromatic rings. The van der Waals surface area contributed by atoms with E-state index in [1.807, 2.05) is 38.1 Å². The van der Waals surface area contributed by atoms with Crippen LogP contribution < -0.4 is 4.74 Å². The Hall–Kier alpha value is -3.29. The number of aryl methyl sites for hydroxylation is 1. The van der Waals surface area contributed by atoms with Gasteiger partial charge in [-0.15, -0.1) is 0 Å². The van der Waals surface area contributed by atoms with Crippen molar-refractivity contribution >= 4 is 34.4 Å². The summed E-state index contributed by atoms with van der Waals surface area (Å²) in [4.78, 5) is 11.2. The van der Waals surface area contributed by atoms with Crippen LogP contribution >= 0.6 is 11.6 Å². The minimum atomic E-state index is -0.384. The van der Waals surface area contributed by atoms with Gasteiger partial charge in [0.05, 0.1) is 21.9 Å². The van der Waals surface area contributed by atoms with Gasteiger partial charge in [-0.2, -0.15) is 5.10 Å². The largest absolute Gasteiger partial charge is 0.486 e. The van der Waals surface area contributed by atoms with E-state index in [9.17, 15) is 0 Å². The Kier molecular flexibility index (Phi) is 10.3. The van der Waals surface area contributed by atoms with E-state index in [1.54, 1.807) is 24.7 Å². The Labute approximate surface area is 241 Å². The third-order valence-corrected chi connectivity index (χ3v) is 7.62. The number of H-pyrrole nitrogens is 1. The van der Waals surface area contributed by atoms with E-state index in [0.717, 1.165) is 53.7 Å². The topological polar surface area (TPSA) is 66.9 Å². The molecule has 0 saturated carbocycles. The van der Waals surface area contributed by atoms with E-state index in [2.05, 4.69) is 45.8 Å². The number of aromatic amines is 1. The average Bonchev–Trinajstić information content (AvgIpc) is 3.33. The Balaban J connectivity index is 1.51. The van der Waals surface area contributed by atoms with Crippen molar-refractivity contribution in [2.45, 2.75) is 79.0 Å². The van der Waals surface area contributed by atoms with Crippen molar-refractivity contribution < 1.29 is 9.13 Å². The van der Waals surface area contributed by atoms with E-state index < -0.39 is 0 Å². The third-order valence-electron chi connectivity index (χ3n) is 7.32. The number of pyridine rings is 2. The summed E-state index contributed by atoms with van der Waals surface area (Å²) in [5, 5.41) is 8.60. The van der Waals surface area contributed by atoms with Gasteiger partial charge < -0.3 is 4.74 Å². The first-order valence-electron chi connectivity index (χ1n) is 14.2. The lowest BCUT2D eigenvalue weighted by Gasteiger charge is -2.30. The average molecular weight is 564 g/mol. The molecule has 0 spiro atoms. The first-order chi connectivity index (χ1) is 19.3. The lowest BCUT2D eigenvalue weighted by Crippen LogP contribution is -2.34. The van der Waals surface area contributed by atoms with Gasteiger partial charge >= 0.3 is 0 Å². The summed E-state index contributed by atoms with van der Waals surface area (Å²) < 4.78 is 21.6. The molecule has 3 heterocycles. The molecule has 6 nitrogen and oxygen atoms in total. The monoisotopic (exact) mass is 563 g/mol. The molecule has 0 aliphatic carbocycles. The van der Waals surface area contributed by atoms with Crippen molar-refractivity contribution in [1.82, 2.24) is 25.1 Å². The van der Waals surface area contributed by atoms with Crippen LogP contribution in [0.3, 0.4) is 0 Å². The number of halogens is 2. The molecule has 0 radical (unpaired) electrons. The number of nitrogens with zero attached hydrogens (tertiary/aromatic N) is 4. The molecule has 0 bridgehead atoms. The Bertz CT molecular complexity index is 1410. The van der Waals surface area contributed by atoms with Crippen molar-refractivity contribution in [3.8, 4) is 5.75 Å². The van der Waals surface area contributed by atoms with Crippen molar-refractivity contribution in [3.63, 3.8) is 0 Å². The molecular weight excluding hydrogens is 525 g/mol. The summed E-state index contributed by atoms with van der Waals surface area (Å²) in [6, 6.07) is 9.83. The number of ether oxygens (including phenoxy) is 1. The van der Waals surface area contributed by atoms with Gasteiger partial charge in [0.2, 0.25) is 0 Å². The Morgan fingerprint density at radius 3 is 2.52 bits per heavy atom. The number of nitrogens with one attached hydrogen (secondary N) is 1. The molecule has 4 rings (SSSR count). The zero-order valence-electron chi connectivity index (χ0n) is 24.0. The highest BCUT2D eigenvalue weighted by Gasteiger charge is 2.18. The zero-order valence-corrected chi connectivity index (χ0v) is 24.8. The van der Waals surface area contributed by atoms with Crippen molar-refractivity contribution in [3.05, 3.63) is 82.0 Å². The predicted octanol–water partition coefficient (Wildman–Crippen LogP) is 8.71. The second kappa shape index (κ2) is 13.9. The zero-order chi connectivity index (χ0) is 28.6. The number of rotatable bonds is 13. The highest BCUT2D eigenvalue weighted by molar-refractivity contribution is 6.31.